The fraction of sp³-hybridized carbons (Fsp3) is 0.882. The molecule has 2 amide bonds. The fourth-order valence-electron chi connectivity index (χ4n) is 2.25. The molecule has 0 radical (unpaired) electrons. The number of amides is 2. The van der Waals surface area contributed by atoms with E-state index in [-0.39, 0.29) is 22.9 Å². The van der Waals surface area contributed by atoms with Gasteiger partial charge in [-0.3, -0.25) is 4.79 Å². The fourth-order valence-corrected chi connectivity index (χ4v) is 3.29. The molecule has 23 heavy (non-hydrogen) atoms. The molecular formula is C17H33NO4Si. The van der Waals surface area contributed by atoms with E-state index in [0.717, 1.165) is 0 Å². The summed E-state index contributed by atoms with van der Waals surface area (Å²) in [5.41, 5.74) is -0.617. The quantitative estimate of drug-likeness (QED) is 0.721. The van der Waals surface area contributed by atoms with E-state index in [1.54, 1.807) is 20.8 Å². The summed E-state index contributed by atoms with van der Waals surface area (Å²) in [6, 6.07) is -0.235. The second kappa shape index (κ2) is 6.55. The van der Waals surface area contributed by atoms with Crippen molar-refractivity contribution in [3.05, 3.63) is 0 Å². The zero-order valence-electron chi connectivity index (χ0n) is 16.1. The lowest BCUT2D eigenvalue weighted by Crippen LogP contribution is -2.48. The van der Waals surface area contributed by atoms with Crippen LogP contribution >= 0.6 is 0 Å². The first kappa shape index (κ1) is 20.2. The van der Waals surface area contributed by atoms with Gasteiger partial charge in [-0.05, 0) is 45.3 Å². The maximum atomic E-state index is 12.4. The van der Waals surface area contributed by atoms with E-state index in [9.17, 15) is 9.59 Å². The summed E-state index contributed by atoms with van der Waals surface area (Å²) in [4.78, 5) is 26.0. The van der Waals surface area contributed by atoms with Crippen molar-refractivity contribution in [2.24, 2.45) is 5.92 Å². The highest BCUT2D eigenvalue weighted by molar-refractivity contribution is 6.74. The molecule has 0 aliphatic carbocycles. The highest BCUT2D eigenvalue weighted by Gasteiger charge is 2.45. The van der Waals surface area contributed by atoms with Crippen LogP contribution in [0, 0.1) is 5.92 Å². The Labute approximate surface area is 141 Å². The molecule has 0 aromatic heterocycles. The monoisotopic (exact) mass is 343 g/mol. The first-order chi connectivity index (χ1) is 10.2. The molecule has 1 saturated heterocycles. The normalized spacial score (nSPS) is 23.3. The first-order valence-corrected chi connectivity index (χ1v) is 11.3. The van der Waals surface area contributed by atoms with Gasteiger partial charge in [-0.15, -0.1) is 0 Å². The second-order valence-corrected chi connectivity index (χ2v) is 13.9. The van der Waals surface area contributed by atoms with Crippen LogP contribution in [-0.4, -0.2) is 43.5 Å². The molecule has 5 nitrogen and oxygen atoms in total. The van der Waals surface area contributed by atoms with Gasteiger partial charge in [0.2, 0.25) is 5.91 Å². The maximum Gasteiger partial charge on any atom is 0.417 e. The Morgan fingerprint density at radius 2 is 1.74 bits per heavy atom. The highest BCUT2D eigenvalue weighted by Crippen LogP contribution is 2.37. The smallest absolute Gasteiger partial charge is 0.417 e. The van der Waals surface area contributed by atoms with E-state index >= 15 is 0 Å². The van der Waals surface area contributed by atoms with Crippen molar-refractivity contribution >= 4 is 20.3 Å². The van der Waals surface area contributed by atoms with Crippen molar-refractivity contribution in [2.75, 3.05) is 6.61 Å². The Kier molecular flexibility index (Phi) is 5.74. The third-order valence-corrected chi connectivity index (χ3v) is 9.18. The van der Waals surface area contributed by atoms with Crippen LogP contribution in [0.5, 0.6) is 0 Å². The number of carbonyl (C=O) groups excluding carboxylic acids is 2. The topological polar surface area (TPSA) is 55.8 Å². The summed E-state index contributed by atoms with van der Waals surface area (Å²) in [7, 11) is -1.92. The van der Waals surface area contributed by atoms with E-state index in [0.29, 0.717) is 13.0 Å². The van der Waals surface area contributed by atoms with Crippen LogP contribution in [0.3, 0.4) is 0 Å². The summed E-state index contributed by atoms with van der Waals surface area (Å²) in [5.74, 6) is -0.335. The molecule has 1 fully saturated rings. The van der Waals surface area contributed by atoms with Crippen LogP contribution in [0.4, 0.5) is 4.79 Å². The van der Waals surface area contributed by atoms with Gasteiger partial charge in [0.1, 0.15) is 5.60 Å². The predicted molar refractivity (Wildman–Crippen MR) is 93.8 cm³/mol. The molecule has 6 heteroatoms. The summed E-state index contributed by atoms with van der Waals surface area (Å²) >= 11 is 0. The Balaban J connectivity index is 2.84. The average molecular weight is 344 g/mol. The minimum absolute atomic E-state index is 0.0952. The highest BCUT2D eigenvalue weighted by atomic mass is 28.4. The summed E-state index contributed by atoms with van der Waals surface area (Å²) in [5, 5.41) is 0.0952. The standard InChI is InChI=1S/C17H33NO4Si/c1-12-10-13(11-21-23(8,9)17(5,6)7)18(14(12)19)15(20)22-16(2,3)4/h12-13H,10-11H2,1-9H3/t12-,13+/m0/s1. The average Bonchev–Trinajstić information content (AvgIpc) is 2.59. The summed E-state index contributed by atoms with van der Waals surface area (Å²) < 4.78 is 11.6. The van der Waals surface area contributed by atoms with Gasteiger partial charge in [-0.1, -0.05) is 27.7 Å². The Hall–Kier alpha value is -0.883. The van der Waals surface area contributed by atoms with Crippen molar-refractivity contribution in [2.45, 2.75) is 84.7 Å². The number of nitrogens with zero attached hydrogens (tertiary/aromatic N) is 1. The Morgan fingerprint density at radius 3 is 2.17 bits per heavy atom. The molecule has 134 valence electrons. The molecule has 0 saturated carbocycles. The molecule has 0 N–H and O–H groups in total. The number of imide groups is 1. The molecule has 0 aromatic rings. The lowest BCUT2D eigenvalue weighted by molar-refractivity contribution is -0.131. The molecule has 0 aromatic carbocycles. The van der Waals surface area contributed by atoms with Crippen LogP contribution in [0.1, 0.15) is 54.9 Å². The van der Waals surface area contributed by atoms with Gasteiger partial charge >= 0.3 is 6.09 Å². The van der Waals surface area contributed by atoms with E-state index in [1.807, 2.05) is 6.92 Å². The molecule has 0 spiro atoms. The van der Waals surface area contributed by atoms with E-state index in [4.69, 9.17) is 9.16 Å². The van der Waals surface area contributed by atoms with Crippen molar-refractivity contribution < 1.29 is 18.8 Å². The summed E-state index contributed by atoms with van der Waals surface area (Å²) in [6.07, 6.45) is 0.0721. The van der Waals surface area contributed by atoms with Gasteiger partial charge in [0.15, 0.2) is 8.32 Å². The Morgan fingerprint density at radius 1 is 1.22 bits per heavy atom. The molecule has 1 heterocycles. The first-order valence-electron chi connectivity index (χ1n) is 8.36. The van der Waals surface area contributed by atoms with Crippen molar-refractivity contribution in [3.63, 3.8) is 0 Å². The van der Waals surface area contributed by atoms with E-state index in [1.165, 1.54) is 4.90 Å². The largest absolute Gasteiger partial charge is 0.443 e. The third-order valence-electron chi connectivity index (χ3n) is 4.68. The second-order valence-electron chi connectivity index (χ2n) is 9.05. The number of ether oxygens (including phenoxy) is 1. The number of hydrogen-bond donors (Lipinski definition) is 0. The van der Waals surface area contributed by atoms with E-state index < -0.39 is 20.0 Å². The lowest BCUT2D eigenvalue weighted by Gasteiger charge is -2.37. The molecular weight excluding hydrogens is 310 g/mol. The number of likely N-dealkylation sites (tertiary alicyclic amines) is 1. The van der Waals surface area contributed by atoms with Crippen LogP contribution < -0.4 is 0 Å². The third kappa shape index (κ3) is 5.04. The van der Waals surface area contributed by atoms with Crippen molar-refractivity contribution in [1.82, 2.24) is 4.90 Å². The van der Waals surface area contributed by atoms with Crippen molar-refractivity contribution in [1.29, 1.82) is 0 Å². The molecule has 2 atom stereocenters. The van der Waals surface area contributed by atoms with Crippen molar-refractivity contribution in [3.8, 4) is 0 Å². The SMILES string of the molecule is C[C@H]1C[C@H](CO[Si](C)(C)C(C)(C)C)N(C(=O)OC(C)(C)C)C1=O. The van der Waals surface area contributed by atoms with Crippen LogP contribution in [0.2, 0.25) is 18.1 Å². The predicted octanol–water partition coefficient (Wildman–Crippen LogP) is 4.18. The zero-order valence-corrected chi connectivity index (χ0v) is 17.1. The zero-order chi connectivity index (χ0) is 18.2. The van der Waals surface area contributed by atoms with Gasteiger partial charge < -0.3 is 9.16 Å². The molecule has 0 bridgehead atoms. The number of rotatable bonds is 3. The van der Waals surface area contributed by atoms with Gasteiger partial charge in [-0.25, -0.2) is 9.69 Å². The van der Waals surface area contributed by atoms with Gasteiger partial charge in [-0.2, -0.15) is 0 Å². The maximum absolute atomic E-state index is 12.4. The molecule has 1 aliphatic rings. The van der Waals surface area contributed by atoms with Gasteiger partial charge in [0, 0.05) is 5.92 Å². The lowest BCUT2D eigenvalue weighted by atomic mass is 10.1. The van der Waals surface area contributed by atoms with E-state index in [2.05, 4.69) is 33.9 Å². The molecule has 1 aliphatic heterocycles. The molecule has 0 unspecified atom stereocenters. The van der Waals surface area contributed by atoms with Gasteiger partial charge in [0.05, 0.1) is 12.6 Å². The van der Waals surface area contributed by atoms with Gasteiger partial charge in [0.25, 0.3) is 0 Å². The van der Waals surface area contributed by atoms with Crippen LogP contribution in [-0.2, 0) is 14.0 Å². The molecule has 1 rings (SSSR count). The van der Waals surface area contributed by atoms with Crippen LogP contribution in [0.25, 0.3) is 0 Å². The number of carbonyl (C=O) groups is 2. The Bertz CT molecular complexity index is 462. The minimum atomic E-state index is -1.92. The summed E-state index contributed by atoms with van der Waals surface area (Å²) in [6.45, 7) is 18.5. The number of hydrogen-bond acceptors (Lipinski definition) is 4. The van der Waals surface area contributed by atoms with Crippen LogP contribution in [0.15, 0.2) is 0 Å². The minimum Gasteiger partial charge on any atom is -0.443 e.